The SMILES string of the molecule is C=C(/C=C(\C)CN1CC=C(c2ccc(C#N)cc2C)CC1)C(=C\C=NC)/C=C(\C=C/NC(C)=O)NC. The molecule has 6 nitrogen and oxygen atoms in total. The number of nitrogens with zero attached hydrogens (tertiary/aromatic N) is 3. The Balaban J connectivity index is 2.10. The van der Waals surface area contributed by atoms with Gasteiger partial charge < -0.3 is 10.6 Å². The average Bonchev–Trinajstić information content (AvgIpc) is 2.85. The molecule has 0 aliphatic carbocycles. The summed E-state index contributed by atoms with van der Waals surface area (Å²) < 4.78 is 0. The fourth-order valence-electron chi connectivity index (χ4n) is 3.99. The third kappa shape index (κ3) is 9.01. The zero-order valence-electron chi connectivity index (χ0n) is 22.1. The number of hydrogen-bond acceptors (Lipinski definition) is 5. The third-order valence-electron chi connectivity index (χ3n) is 5.81. The molecule has 0 radical (unpaired) electrons. The first-order valence-electron chi connectivity index (χ1n) is 12.0. The first-order valence-corrected chi connectivity index (χ1v) is 12.0. The normalized spacial score (nSPS) is 15.7. The molecule has 6 heteroatoms. The number of rotatable bonds is 10. The van der Waals surface area contributed by atoms with Crippen molar-refractivity contribution in [2.24, 2.45) is 4.99 Å². The summed E-state index contributed by atoms with van der Waals surface area (Å²) in [6, 6.07) is 8.13. The minimum atomic E-state index is -0.120. The Labute approximate surface area is 215 Å². The molecule has 188 valence electrons. The van der Waals surface area contributed by atoms with Crippen molar-refractivity contribution in [1.29, 1.82) is 5.26 Å². The van der Waals surface area contributed by atoms with Crippen LogP contribution in [0.1, 0.15) is 37.0 Å². The lowest BCUT2D eigenvalue weighted by molar-refractivity contribution is -0.118. The third-order valence-corrected chi connectivity index (χ3v) is 5.81. The fourth-order valence-corrected chi connectivity index (χ4v) is 3.99. The van der Waals surface area contributed by atoms with E-state index in [0.717, 1.165) is 48.5 Å². The second-order valence-corrected chi connectivity index (χ2v) is 8.78. The first kappa shape index (κ1) is 28.3. The molecule has 1 heterocycles. The van der Waals surface area contributed by atoms with Crippen LogP contribution in [-0.2, 0) is 4.79 Å². The van der Waals surface area contributed by atoms with E-state index in [1.165, 1.54) is 23.6 Å². The lowest BCUT2D eigenvalue weighted by Gasteiger charge is -2.27. The van der Waals surface area contributed by atoms with Crippen LogP contribution in [0.2, 0.25) is 0 Å². The van der Waals surface area contributed by atoms with Gasteiger partial charge >= 0.3 is 0 Å². The lowest BCUT2D eigenvalue weighted by Crippen LogP contribution is -2.30. The van der Waals surface area contributed by atoms with E-state index < -0.39 is 0 Å². The van der Waals surface area contributed by atoms with Crippen molar-refractivity contribution in [3.63, 3.8) is 0 Å². The predicted octanol–water partition coefficient (Wildman–Crippen LogP) is 4.84. The van der Waals surface area contributed by atoms with Gasteiger partial charge in [-0.1, -0.05) is 30.4 Å². The van der Waals surface area contributed by atoms with Gasteiger partial charge in [-0.15, -0.1) is 0 Å². The van der Waals surface area contributed by atoms with E-state index in [1.54, 1.807) is 25.5 Å². The van der Waals surface area contributed by atoms with Crippen LogP contribution < -0.4 is 10.6 Å². The number of likely N-dealkylation sites (N-methyl/N-ethyl adjacent to an activating group) is 1. The number of hydrogen-bond donors (Lipinski definition) is 2. The van der Waals surface area contributed by atoms with Gasteiger partial charge in [-0.05, 0) is 78.5 Å². The summed E-state index contributed by atoms with van der Waals surface area (Å²) in [5.41, 5.74) is 8.30. The number of carbonyl (C=O) groups is 1. The molecule has 0 spiro atoms. The molecule has 0 saturated carbocycles. The fraction of sp³-hybridized carbons (Fsp3) is 0.300. The number of amides is 1. The predicted molar refractivity (Wildman–Crippen MR) is 150 cm³/mol. The second-order valence-electron chi connectivity index (χ2n) is 8.78. The summed E-state index contributed by atoms with van der Waals surface area (Å²) in [5.74, 6) is -0.120. The number of aryl methyl sites for hydroxylation is 1. The summed E-state index contributed by atoms with van der Waals surface area (Å²) in [4.78, 5) is 17.6. The number of nitriles is 1. The molecule has 1 aliphatic heterocycles. The van der Waals surface area contributed by atoms with Gasteiger partial charge in [0.15, 0.2) is 0 Å². The van der Waals surface area contributed by atoms with Crippen molar-refractivity contribution in [3.05, 3.63) is 100 Å². The molecular weight excluding hydrogens is 446 g/mol. The Morgan fingerprint density at radius 2 is 2.08 bits per heavy atom. The minimum absolute atomic E-state index is 0.120. The highest BCUT2D eigenvalue weighted by Crippen LogP contribution is 2.26. The Hall–Kier alpha value is -3.95. The van der Waals surface area contributed by atoms with Crippen molar-refractivity contribution in [1.82, 2.24) is 15.5 Å². The van der Waals surface area contributed by atoms with Gasteiger partial charge in [0.1, 0.15) is 0 Å². The molecular formula is C30H37N5O. The lowest BCUT2D eigenvalue weighted by atomic mass is 9.94. The first-order chi connectivity index (χ1) is 17.3. The maximum atomic E-state index is 11.1. The van der Waals surface area contributed by atoms with Crippen LogP contribution in [0.25, 0.3) is 5.57 Å². The molecule has 0 saturated heterocycles. The molecule has 1 amide bonds. The largest absolute Gasteiger partial charge is 0.388 e. The Bertz CT molecular complexity index is 1190. The van der Waals surface area contributed by atoms with E-state index in [4.69, 9.17) is 5.26 Å². The van der Waals surface area contributed by atoms with Crippen molar-refractivity contribution in [2.75, 3.05) is 33.7 Å². The molecule has 2 N–H and O–H groups in total. The number of nitrogens with one attached hydrogen (secondary N) is 2. The number of allylic oxidation sites excluding steroid dienone is 6. The van der Waals surface area contributed by atoms with Gasteiger partial charge in [-0.3, -0.25) is 14.7 Å². The van der Waals surface area contributed by atoms with E-state index in [2.05, 4.69) is 65.2 Å². The molecule has 0 unspecified atom stereocenters. The summed E-state index contributed by atoms with van der Waals surface area (Å²) in [6.45, 7) is 12.7. The smallest absolute Gasteiger partial charge is 0.220 e. The van der Waals surface area contributed by atoms with Gasteiger partial charge in [-0.2, -0.15) is 5.26 Å². The number of benzene rings is 1. The molecule has 0 bridgehead atoms. The minimum Gasteiger partial charge on any atom is -0.388 e. The zero-order chi connectivity index (χ0) is 26.5. The van der Waals surface area contributed by atoms with Crippen molar-refractivity contribution >= 4 is 17.7 Å². The monoisotopic (exact) mass is 483 g/mol. The highest BCUT2D eigenvalue weighted by Gasteiger charge is 2.15. The van der Waals surface area contributed by atoms with E-state index >= 15 is 0 Å². The molecule has 0 fully saturated rings. The Morgan fingerprint density at radius 3 is 2.67 bits per heavy atom. The van der Waals surface area contributed by atoms with Gasteiger partial charge in [-0.25, -0.2) is 0 Å². The highest BCUT2D eigenvalue weighted by atomic mass is 16.1. The number of aliphatic imine (C=N–C) groups is 1. The maximum absolute atomic E-state index is 11.1. The van der Waals surface area contributed by atoms with Crippen LogP contribution in [0.5, 0.6) is 0 Å². The topological polar surface area (TPSA) is 80.5 Å². The molecule has 2 rings (SSSR count). The van der Waals surface area contributed by atoms with Gasteiger partial charge in [0, 0.05) is 58.8 Å². The highest BCUT2D eigenvalue weighted by molar-refractivity contribution is 5.76. The van der Waals surface area contributed by atoms with Crippen molar-refractivity contribution in [2.45, 2.75) is 27.2 Å². The number of carbonyl (C=O) groups excluding carboxylic acids is 1. The van der Waals surface area contributed by atoms with Crippen LogP contribution in [0, 0.1) is 18.3 Å². The second kappa shape index (κ2) is 14.4. The van der Waals surface area contributed by atoms with Crippen LogP contribution in [-0.4, -0.2) is 50.8 Å². The van der Waals surface area contributed by atoms with E-state index in [-0.39, 0.29) is 5.91 Å². The van der Waals surface area contributed by atoms with Gasteiger partial charge in [0.25, 0.3) is 0 Å². The summed E-state index contributed by atoms with van der Waals surface area (Å²) in [6.07, 6.45) is 14.4. The molecule has 1 aromatic rings. The van der Waals surface area contributed by atoms with Crippen molar-refractivity contribution < 1.29 is 4.79 Å². The molecule has 0 aromatic heterocycles. The Morgan fingerprint density at radius 1 is 1.31 bits per heavy atom. The molecule has 1 aliphatic rings. The van der Waals surface area contributed by atoms with Crippen LogP contribution in [0.15, 0.2) is 88.8 Å². The van der Waals surface area contributed by atoms with Crippen LogP contribution >= 0.6 is 0 Å². The zero-order valence-corrected chi connectivity index (χ0v) is 22.1. The van der Waals surface area contributed by atoms with Crippen LogP contribution in [0.3, 0.4) is 0 Å². The Kier molecular flexibility index (Phi) is 11.4. The average molecular weight is 484 g/mol. The van der Waals surface area contributed by atoms with Gasteiger partial charge in [0.05, 0.1) is 11.6 Å². The van der Waals surface area contributed by atoms with E-state index in [1.807, 2.05) is 31.3 Å². The maximum Gasteiger partial charge on any atom is 0.220 e. The summed E-state index contributed by atoms with van der Waals surface area (Å²) in [5, 5.41) is 14.9. The van der Waals surface area contributed by atoms with Crippen molar-refractivity contribution in [3.8, 4) is 6.07 Å². The van der Waals surface area contributed by atoms with E-state index in [9.17, 15) is 4.79 Å². The standard InChI is InChI=1S/C30H37N5O/c1-22(17-23(2)28(9-13-32-5)19-29(33-6)10-14-34-25(4)36)21-35-15-11-27(12-16-35)30-8-7-26(20-31)18-24(30)3/h7-11,13-14,17-19,33H,2,12,15-16,21H2,1,3-6H3,(H,34,36)/b14-10-,22-17+,28-9-,29-19+,32-13?. The summed E-state index contributed by atoms with van der Waals surface area (Å²) >= 11 is 0. The van der Waals surface area contributed by atoms with E-state index in [0.29, 0.717) is 5.56 Å². The summed E-state index contributed by atoms with van der Waals surface area (Å²) in [7, 11) is 3.56. The molecule has 0 atom stereocenters. The van der Waals surface area contributed by atoms with Crippen LogP contribution in [0.4, 0.5) is 0 Å². The van der Waals surface area contributed by atoms with Gasteiger partial charge in [0.2, 0.25) is 5.91 Å². The molecule has 36 heavy (non-hydrogen) atoms. The quantitative estimate of drug-likeness (QED) is 0.369. The molecule has 1 aromatic carbocycles.